The third kappa shape index (κ3) is 2.98. The van der Waals surface area contributed by atoms with Crippen LogP contribution in [0.2, 0.25) is 0 Å². The van der Waals surface area contributed by atoms with E-state index in [1.807, 2.05) is 0 Å². The van der Waals surface area contributed by atoms with Gasteiger partial charge in [-0.1, -0.05) is 26.2 Å². The number of amides is 1. The first-order chi connectivity index (χ1) is 13.1. The highest BCUT2D eigenvalue weighted by molar-refractivity contribution is 5.82. The Bertz CT molecular complexity index is 571. The van der Waals surface area contributed by atoms with Gasteiger partial charge in [-0.15, -0.1) is 0 Å². The molecule has 0 bridgehead atoms. The van der Waals surface area contributed by atoms with Crippen LogP contribution in [0.4, 0.5) is 0 Å². The second-order valence-electron chi connectivity index (χ2n) is 11.1. The van der Waals surface area contributed by atoms with Crippen molar-refractivity contribution in [1.82, 2.24) is 10.6 Å². The van der Waals surface area contributed by atoms with Gasteiger partial charge >= 0.3 is 0 Å². The lowest BCUT2D eigenvalue weighted by atomic mass is 9.45. The monoisotopic (exact) mass is 372 g/mol. The zero-order valence-corrected chi connectivity index (χ0v) is 17.4. The van der Waals surface area contributed by atoms with Crippen molar-refractivity contribution in [2.75, 3.05) is 13.1 Å². The molecular formula is C24H40N2O. The summed E-state index contributed by atoms with van der Waals surface area (Å²) in [6.07, 6.45) is 18.1. The first kappa shape index (κ1) is 18.5. The van der Waals surface area contributed by atoms with Crippen molar-refractivity contribution in [3.05, 3.63) is 0 Å². The number of hydrogen-bond donors (Lipinski definition) is 2. The molecule has 5 fully saturated rings. The van der Waals surface area contributed by atoms with Crippen LogP contribution in [0.15, 0.2) is 0 Å². The highest BCUT2D eigenvalue weighted by Crippen LogP contribution is 2.66. The molecule has 7 atom stereocenters. The molecule has 1 heterocycles. The molecule has 0 aromatic rings. The van der Waals surface area contributed by atoms with Gasteiger partial charge in [-0.05, 0) is 105 Å². The minimum absolute atomic E-state index is 0.0779. The van der Waals surface area contributed by atoms with Gasteiger partial charge < -0.3 is 10.6 Å². The molecule has 1 amide bonds. The van der Waals surface area contributed by atoms with Crippen LogP contribution in [-0.2, 0) is 4.79 Å². The zero-order valence-electron chi connectivity index (χ0n) is 17.4. The molecule has 5 aliphatic rings. The van der Waals surface area contributed by atoms with Crippen LogP contribution in [0.1, 0.15) is 90.4 Å². The minimum Gasteiger partial charge on any atom is -0.354 e. The number of nitrogens with one attached hydrogen (secondary N) is 2. The first-order valence-corrected chi connectivity index (χ1v) is 12.1. The largest absolute Gasteiger partial charge is 0.354 e. The summed E-state index contributed by atoms with van der Waals surface area (Å²) in [7, 11) is 0. The lowest BCUT2D eigenvalue weighted by Crippen LogP contribution is -2.55. The molecule has 1 saturated heterocycles. The molecule has 152 valence electrons. The summed E-state index contributed by atoms with van der Waals surface area (Å²) in [5.41, 5.74) is 1.06. The Balaban J connectivity index is 1.30. The van der Waals surface area contributed by atoms with Crippen LogP contribution in [0.3, 0.4) is 0 Å². The molecule has 0 unspecified atom stereocenters. The van der Waals surface area contributed by atoms with Crippen molar-refractivity contribution in [2.45, 2.75) is 96.4 Å². The van der Waals surface area contributed by atoms with Crippen molar-refractivity contribution in [3.8, 4) is 0 Å². The third-order valence-electron chi connectivity index (χ3n) is 10.1. The van der Waals surface area contributed by atoms with E-state index in [4.69, 9.17) is 0 Å². The Hall–Kier alpha value is -0.570. The molecular weight excluding hydrogens is 332 g/mol. The number of rotatable bonds is 3. The average molecular weight is 373 g/mol. The van der Waals surface area contributed by atoms with E-state index < -0.39 is 0 Å². The van der Waals surface area contributed by atoms with E-state index >= 15 is 0 Å². The van der Waals surface area contributed by atoms with E-state index in [-0.39, 0.29) is 11.9 Å². The quantitative estimate of drug-likeness (QED) is 0.756. The fourth-order valence-electron chi connectivity index (χ4n) is 8.69. The van der Waals surface area contributed by atoms with Gasteiger partial charge in [0.05, 0.1) is 6.04 Å². The van der Waals surface area contributed by atoms with Crippen LogP contribution in [0, 0.1) is 34.5 Å². The topological polar surface area (TPSA) is 41.1 Å². The van der Waals surface area contributed by atoms with Gasteiger partial charge in [-0.25, -0.2) is 0 Å². The highest BCUT2D eigenvalue weighted by Gasteiger charge is 2.58. The summed E-state index contributed by atoms with van der Waals surface area (Å²) < 4.78 is 0. The van der Waals surface area contributed by atoms with E-state index in [1.165, 1.54) is 70.6 Å². The maximum Gasteiger partial charge on any atom is 0.237 e. The summed E-state index contributed by atoms with van der Waals surface area (Å²) >= 11 is 0. The van der Waals surface area contributed by atoms with Gasteiger partial charge in [-0.3, -0.25) is 4.79 Å². The number of fused-ring (bicyclic) bond motifs is 5. The Kier molecular flexibility index (Phi) is 4.81. The van der Waals surface area contributed by atoms with Gasteiger partial charge in [-0.2, -0.15) is 0 Å². The van der Waals surface area contributed by atoms with Gasteiger partial charge in [0, 0.05) is 6.54 Å². The smallest absolute Gasteiger partial charge is 0.237 e. The second-order valence-corrected chi connectivity index (χ2v) is 11.1. The lowest BCUT2D eigenvalue weighted by Gasteiger charge is -2.60. The zero-order chi connectivity index (χ0) is 18.5. The van der Waals surface area contributed by atoms with Crippen molar-refractivity contribution in [2.24, 2.45) is 34.5 Å². The van der Waals surface area contributed by atoms with E-state index in [2.05, 4.69) is 17.6 Å². The molecule has 1 aliphatic heterocycles. The summed E-state index contributed by atoms with van der Waals surface area (Å²) in [5, 5.41) is 6.79. The van der Waals surface area contributed by atoms with Crippen LogP contribution >= 0.6 is 0 Å². The standard InChI is InChI=1S/C24H40N2O/c1-23-12-3-2-6-17(23)9-10-18-19(23)11-14-24(13-4-7-20(18)24)16-26-22(27)21-8-5-15-25-21/h17-21,25H,2-16H2,1H3,(H,26,27)/t17-,18-,19+,20+,21+,23+,24+/m1/s1. The number of carbonyl (C=O) groups is 1. The molecule has 3 nitrogen and oxygen atoms in total. The molecule has 3 heteroatoms. The van der Waals surface area contributed by atoms with Crippen LogP contribution in [-0.4, -0.2) is 25.0 Å². The summed E-state index contributed by atoms with van der Waals surface area (Å²) in [6, 6.07) is 0.0779. The van der Waals surface area contributed by atoms with E-state index in [9.17, 15) is 4.79 Å². The minimum atomic E-state index is 0.0779. The summed E-state index contributed by atoms with van der Waals surface area (Å²) in [4.78, 5) is 12.6. The number of hydrogen-bond acceptors (Lipinski definition) is 2. The van der Waals surface area contributed by atoms with Gasteiger partial charge in [0.15, 0.2) is 0 Å². The van der Waals surface area contributed by atoms with Gasteiger partial charge in [0.2, 0.25) is 5.91 Å². The van der Waals surface area contributed by atoms with Crippen LogP contribution in [0.25, 0.3) is 0 Å². The summed E-state index contributed by atoms with van der Waals surface area (Å²) in [5.74, 6) is 4.09. The Labute approximate surface area is 165 Å². The first-order valence-electron chi connectivity index (χ1n) is 12.1. The predicted molar refractivity (Wildman–Crippen MR) is 109 cm³/mol. The van der Waals surface area contributed by atoms with Gasteiger partial charge in [0.1, 0.15) is 0 Å². The molecule has 5 rings (SSSR count). The molecule has 4 aliphatic carbocycles. The summed E-state index contributed by atoms with van der Waals surface area (Å²) in [6.45, 7) is 4.64. The SMILES string of the molecule is C[C@]12CCCC[C@@H]1CC[C@H]1[C@@H]3CCC[C@@]3(CNC(=O)[C@@H]3CCCN3)CC[C@@H]12. The highest BCUT2D eigenvalue weighted by atomic mass is 16.2. The predicted octanol–water partition coefficient (Wildman–Crippen LogP) is 4.66. The van der Waals surface area contributed by atoms with Crippen LogP contribution in [0.5, 0.6) is 0 Å². The van der Waals surface area contributed by atoms with Crippen molar-refractivity contribution >= 4 is 5.91 Å². The molecule has 0 aromatic heterocycles. The maximum absolute atomic E-state index is 12.6. The molecule has 2 N–H and O–H groups in total. The van der Waals surface area contributed by atoms with Crippen molar-refractivity contribution in [3.63, 3.8) is 0 Å². The van der Waals surface area contributed by atoms with E-state index in [0.29, 0.717) is 10.8 Å². The van der Waals surface area contributed by atoms with Gasteiger partial charge in [0.25, 0.3) is 0 Å². The molecule has 27 heavy (non-hydrogen) atoms. The fraction of sp³-hybridized carbons (Fsp3) is 0.958. The van der Waals surface area contributed by atoms with Crippen molar-refractivity contribution < 1.29 is 4.79 Å². The molecule has 4 saturated carbocycles. The third-order valence-corrected chi connectivity index (χ3v) is 10.1. The lowest BCUT2D eigenvalue weighted by molar-refractivity contribution is -0.126. The fourth-order valence-corrected chi connectivity index (χ4v) is 8.69. The van der Waals surface area contributed by atoms with E-state index in [0.717, 1.165) is 49.6 Å². The number of carbonyl (C=O) groups excluding carboxylic acids is 1. The Morgan fingerprint density at radius 2 is 1.85 bits per heavy atom. The maximum atomic E-state index is 12.6. The Morgan fingerprint density at radius 3 is 2.70 bits per heavy atom. The molecule has 0 spiro atoms. The van der Waals surface area contributed by atoms with E-state index in [1.54, 1.807) is 0 Å². The average Bonchev–Trinajstić information content (AvgIpc) is 3.35. The van der Waals surface area contributed by atoms with Crippen molar-refractivity contribution in [1.29, 1.82) is 0 Å². The molecule has 0 radical (unpaired) electrons. The van der Waals surface area contributed by atoms with Crippen LogP contribution < -0.4 is 10.6 Å². The normalized spacial score (nSPS) is 49.1. The molecule has 0 aromatic carbocycles. The second kappa shape index (κ2) is 7.04. The Morgan fingerprint density at radius 1 is 0.926 bits per heavy atom.